The number of hydrazine groups is 1. The number of nitrogens with zero attached hydrogens (tertiary/aromatic N) is 2. The van der Waals surface area contributed by atoms with Gasteiger partial charge >= 0.3 is 0 Å². The zero-order chi connectivity index (χ0) is 11.7. The van der Waals surface area contributed by atoms with Gasteiger partial charge in [-0.25, -0.2) is 15.8 Å². The Balaban J connectivity index is 2.16. The molecule has 1 fully saturated rings. The second-order valence-electron chi connectivity index (χ2n) is 4.20. The van der Waals surface area contributed by atoms with Crippen LogP contribution in [0.3, 0.4) is 0 Å². The lowest BCUT2D eigenvalue weighted by Crippen LogP contribution is -2.39. The molecule has 2 rings (SSSR count). The van der Waals surface area contributed by atoms with Crippen LogP contribution in [0.5, 0.6) is 0 Å². The Hall–Kier alpha value is -1.40. The maximum Gasteiger partial charge on any atom is 0.148 e. The average Bonchev–Trinajstić information content (AvgIpc) is 2.20. The molecule has 1 heterocycles. The van der Waals surface area contributed by atoms with E-state index in [2.05, 4.69) is 20.7 Å². The summed E-state index contributed by atoms with van der Waals surface area (Å²) in [6.07, 6.45) is 1.37. The standard InChI is InChI=1S/C10H17N5O/c1-5-9(14-7-3-8(16)4-7)12-6(2)13-10(5)15-11/h7-8,16H,3-4,11H2,1-2H3,(H2,12,13,14,15). The minimum Gasteiger partial charge on any atom is -0.393 e. The number of hydrogen-bond acceptors (Lipinski definition) is 6. The summed E-state index contributed by atoms with van der Waals surface area (Å²) >= 11 is 0. The molecule has 6 nitrogen and oxygen atoms in total. The van der Waals surface area contributed by atoms with Crippen LogP contribution in [0.25, 0.3) is 0 Å². The molecule has 0 aliphatic heterocycles. The molecule has 16 heavy (non-hydrogen) atoms. The molecule has 1 aliphatic carbocycles. The number of hydrogen-bond donors (Lipinski definition) is 4. The van der Waals surface area contributed by atoms with E-state index in [9.17, 15) is 5.11 Å². The van der Waals surface area contributed by atoms with Gasteiger partial charge in [0, 0.05) is 11.6 Å². The minimum atomic E-state index is -0.173. The van der Waals surface area contributed by atoms with Gasteiger partial charge in [0.15, 0.2) is 0 Å². The van der Waals surface area contributed by atoms with Crippen LogP contribution in [0.15, 0.2) is 0 Å². The number of aryl methyl sites for hydroxylation is 1. The third kappa shape index (κ3) is 2.07. The number of aliphatic hydroxyl groups excluding tert-OH is 1. The quantitative estimate of drug-likeness (QED) is 0.435. The Labute approximate surface area is 94.3 Å². The summed E-state index contributed by atoms with van der Waals surface area (Å²) in [4.78, 5) is 8.51. The summed E-state index contributed by atoms with van der Waals surface area (Å²) in [5, 5.41) is 12.5. The smallest absolute Gasteiger partial charge is 0.148 e. The van der Waals surface area contributed by atoms with Gasteiger partial charge in [-0.1, -0.05) is 0 Å². The number of aliphatic hydroxyl groups is 1. The fraction of sp³-hybridized carbons (Fsp3) is 0.600. The summed E-state index contributed by atoms with van der Waals surface area (Å²) in [7, 11) is 0. The second kappa shape index (κ2) is 4.23. The molecule has 0 amide bonds. The molecule has 0 unspecified atom stereocenters. The third-order valence-electron chi connectivity index (χ3n) is 2.85. The van der Waals surface area contributed by atoms with Crippen LogP contribution in [0.1, 0.15) is 24.2 Å². The number of rotatable bonds is 3. The van der Waals surface area contributed by atoms with Crippen LogP contribution in [-0.2, 0) is 0 Å². The maximum absolute atomic E-state index is 9.22. The molecule has 5 N–H and O–H groups in total. The van der Waals surface area contributed by atoms with Crippen molar-refractivity contribution in [3.63, 3.8) is 0 Å². The molecule has 1 saturated carbocycles. The Morgan fingerprint density at radius 1 is 1.25 bits per heavy atom. The summed E-state index contributed by atoms with van der Waals surface area (Å²) in [5.41, 5.74) is 3.45. The topological polar surface area (TPSA) is 96.1 Å². The van der Waals surface area contributed by atoms with Crippen molar-refractivity contribution in [1.29, 1.82) is 0 Å². The van der Waals surface area contributed by atoms with Crippen LogP contribution in [0.4, 0.5) is 11.6 Å². The second-order valence-corrected chi connectivity index (χ2v) is 4.20. The zero-order valence-corrected chi connectivity index (χ0v) is 9.49. The Bertz CT molecular complexity index is 389. The summed E-state index contributed by atoms with van der Waals surface area (Å²) in [6, 6.07) is 0.300. The van der Waals surface area contributed by atoms with E-state index in [0.717, 1.165) is 24.2 Å². The highest BCUT2D eigenvalue weighted by atomic mass is 16.3. The fourth-order valence-electron chi connectivity index (χ4n) is 1.81. The number of nitrogens with two attached hydrogens (primary N) is 1. The summed E-state index contributed by atoms with van der Waals surface area (Å²) < 4.78 is 0. The lowest BCUT2D eigenvalue weighted by atomic mass is 9.89. The molecule has 0 spiro atoms. The first-order valence-electron chi connectivity index (χ1n) is 5.36. The van der Waals surface area contributed by atoms with Crippen molar-refractivity contribution in [3.05, 3.63) is 11.4 Å². The van der Waals surface area contributed by atoms with E-state index in [4.69, 9.17) is 5.84 Å². The largest absolute Gasteiger partial charge is 0.393 e. The zero-order valence-electron chi connectivity index (χ0n) is 9.49. The van der Waals surface area contributed by atoms with E-state index >= 15 is 0 Å². The van der Waals surface area contributed by atoms with Crippen molar-refractivity contribution in [2.24, 2.45) is 5.84 Å². The molecule has 0 saturated heterocycles. The van der Waals surface area contributed by atoms with Gasteiger partial charge in [0.1, 0.15) is 17.5 Å². The van der Waals surface area contributed by atoms with E-state index in [1.54, 1.807) is 0 Å². The molecule has 0 radical (unpaired) electrons. The normalized spacial score (nSPS) is 23.8. The minimum absolute atomic E-state index is 0.173. The van der Waals surface area contributed by atoms with Gasteiger partial charge in [-0.15, -0.1) is 0 Å². The van der Waals surface area contributed by atoms with Crippen molar-refractivity contribution >= 4 is 11.6 Å². The predicted molar refractivity (Wildman–Crippen MR) is 62.0 cm³/mol. The predicted octanol–water partition coefficient (Wildman–Crippen LogP) is 0.314. The van der Waals surface area contributed by atoms with Crippen molar-refractivity contribution < 1.29 is 5.11 Å². The molecule has 1 aromatic rings. The maximum atomic E-state index is 9.22. The lowest BCUT2D eigenvalue weighted by Gasteiger charge is -2.32. The molecule has 88 valence electrons. The molecule has 0 aromatic carbocycles. The lowest BCUT2D eigenvalue weighted by molar-refractivity contribution is 0.0835. The van der Waals surface area contributed by atoms with Gasteiger partial charge in [-0.2, -0.15) is 0 Å². The highest BCUT2D eigenvalue weighted by Crippen LogP contribution is 2.26. The first-order valence-corrected chi connectivity index (χ1v) is 5.36. The van der Waals surface area contributed by atoms with Crippen molar-refractivity contribution in [2.45, 2.75) is 38.8 Å². The van der Waals surface area contributed by atoms with E-state index in [-0.39, 0.29) is 6.10 Å². The highest BCUT2D eigenvalue weighted by molar-refractivity contribution is 5.57. The molecular formula is C10H17N5O. The van der Waals surface area contributed by atoms with Crippen molar-refractivity contribution in [3.8, 4) is 0 Å². The molecule has 1 aliphatic rings. The molecule has 0 atom stereocenters. The van der Waals surface area contributed by atoms with Gasteiger partial charge in [0.05, 0.1) is 6.10 Å². The number of nitrogen functional groups attached to an aromatic ring is 1. The Morgan fingerprint density at radius 2 is 1.88 bits per heavy atom. The van der Waals surface area contributed by atoms with Gasteiger partial charge in [0.2, 0.25) is 0 Å². The third-order valence-corrected chi connectivity index (χ3v) is 2.85. The fourth-order valence-corrected chi connectivity index (χ4v) is 1.81. The SMILES string of the molecule is Cc1nc(NN)c(C)c(NC2CC(O)C2)n1. The van der Waals surface area contributed by atoms with E-state index in [0.29, 0.717) is 17.7 Å². The van der Waals surface area contributed by atoms with Gasteiger partial charge in [-0.05, 0) is 26.7 Å². The van der Waals surface area contributed by atoms with E-state index in [1.807, 2.05) is 13.8 Å². The number of aromatic nitrogens is 2. The Kier molecular flexibility index (Phi) is 2.93. The summed E-state index contributed by atoms with van der Waals surface area (Å²) in [6.45, 7) is 3.73. The molecule has 0 bridgehead atoms. The average molecular weight is 223 g/mol. The van der Waals surface area contributed by atoms with E-state index < -0.39 is 0 Å². The highest BCUT2D eigenvalue weighted by Gasteiger charge is 2.27. The number of nitrogens with one attached hydrogen (secondary N) is 2. The van der Waals surface area contributed by atoms with Crippen LogP contribution in [0.2, 0.25) is 0 Å². The molecule has 1 aromatic heterocycles. The van der Waals surface area contributed by atoms with Crippen LogP contribution in [0, 0.1) is 13.8 Å². The first kappa shape index (κ1) is 11.1. The molecule has 6 heteroatoms. The number of anilines is 2. The summed E-state index contributed by atoms with van der Waals surface area (Å²) in [5.74, 6) is 7.47. The monoisotopic (exact) mass is 223 g/mol. The van der Waals surface area contributed by atoms with Crippen LogP contribution >= 0.6 is 0 Å². The first-order chi connectivity index (χ1) is 7.60. The van der Waals surface area contributed by atoms with Gasteiger partial charge in [0.25, 0.3) is 0 Å². The van der Waals surface area contributed by atoms with Crippen LogP contribution in [-0.4, -0.2) is 27.2 Å². The Morgan fingerprint density at radius 3 is 2.44 bits per heavy atom. The van der Waals surface area contributed by atoms with Crippen LogP contribution < -0.4 is 16.6 Å². The van der Waals surface area contributed by atoms with E-state index in [1.165, 1.54) is 0 Å². The van der Waals surface area contributed by atoms with Crippen molar-refractivity contribution in [2.75, 3.05) is 10.7 Å². The van der Waals surface area contributed by atoms with Gasteiger partial charge in [-0.3, -0.25) is 0 Å². The van der Waals surface area contributed by atoms with Gasteiger partial charge < -0.3 is 15.8 Å². The van der Waals surface area contributed by atoms with Crippen molar-refractivity contribution in [1.82, 2.24) is 9.97 Å². The molecular weight excluding hydrogens is 206 g/mol.